The highest BCUT2D eigenvalue weighted by atomic mass is 32.1. The van der Waals surface area contributed by atoms with Gasteiger partial charge < -0.3 is 9.47 Å². The zero-order valence-electron chi connectivity index (χ0n) is 18.1. The van der Waals surface area contributed by atoms with E-state index in [1.54, 1.807) is 10.9 Å². The number of aromatic nitrogens is 2. The number of thiophene rings is 1. The molecule has 2 heterocycles. The van der Waals surface area contributed by atoms with Crippen molar-refractivity contribution in [3.63, 3.8) is 0 Å². The predicted molar refractivity (Wildman–Crippen MR) is 122 cm³/mol. The maximum absolute atomic E-state index is 13.0. The third kappa shape index (κ3) is 4.98. The largest absolute Gasteiger partial charge is 0.494 e. The lowest BCUT2D eigenvalue weighted by Crippen LogP contribution is -2.22. The molecule has 1 aromatic carbocycles. The van der Waals surface area contributed by atoms with E-state index in [0.29, 0.717) is 40.2 Å². The van der Waals surface area contributed by atoms with Gasteiger partial charge in [-0.2, -0.15) is 0 Å². The molecule has 164 valence electrons. The molecule has 1 saturated carbocycles. The van der Waals surface area contributed by atoms with E-state index in [4.69, 9.17) is 9.47 Å². The minimum Gasteiger partial charge on any atom is -0.494 e. The number of fused-ring (bicyclic) bond motifs is 1. The molecule has 0 amide bonds. The summed E-state index contributed by atoms with van der Waals surface area (Å²) < 4.78 is 13.0. The van der Waals surface area contributed by atoms with Gasteiger partial charge in [0.15, 0.2) is 0 Å². The van der Waals surface area contributed by atoms with Crippen LogP contribution >= 0.6 is 11.3 Å². The molecule has 4 rings (SSSR count). The molecule has 0 atom stereocenters. The summed E-state index contributed by atoms with van der Waals surface area (Å²) >= 11 is 1.25. The first-order chi connectivity index (χ1) is 15.0. The van der Waals surface area contributed by atoms with Gasteiger partial charge in [-0.15, -0.1) is 11.3 Å². The van der Waals surface area contributed by atoms with Crippen molar-refractivity contribution in [1.82, 2.24) is 9.55 Å². The first-order valence-corrected chi connectivity index (χ1v) is 11.7. The number of aryl methyl sites for hydroxylation is 3. The molecular weight excluding hydrogens is 412 g/mol. The van der Waals surface area contributed by atoms with Crippen LogP contribution < -0.4 is 10.3 Å². The van der Waals surface area contributed by atoms with Crippen LogP contribution in [0.15, 0.2) is 35.4 Å². The molecule has 3 aromatic rings. The number of carbonyl (C=O) groups excluding carboxylic acids is 1. The second-order valence-electron chi connectivity index (χ2n) is 8.16. The smallest absolute Gasteiger partial charge is 0.348 e. The fourth-order valence-corrected chi connectivity index (χ4v) is 4.98. The van der Waals surface area contributed by atoms with Gasteiger partial charge in [0, 0.05) is 6.54 Å². The average molecular weight is 441 g/mol. The van der Waals surface area contributed by atoms with Crippen molar-refractivity contribution in [2.45, 2.75) is 65.0 Å². The third-order valence-corrected chi connectivity index (χ3v) is 6.94. The van der Waals surface area contributed by atoms with Crippen LogP contribution in [0.2, 0.25) is 0 Å². The Morgan fingerprint density at radius 2 is 1.90 bits per heavy atom. The molecule has 1 aliphatic carbocycles. The molecule has 1 aliphatic rings. The minimum absolute atomic E-state index is 0.0102. The van der Waals surface area contributed by atoms with Crippen LogP contribution in [0.5, 0.6) is 5.75 Å². The molecule has 1 fully saturated rings. The van der Waals surface area contributed by atoms with Crippen molar-refractivity contribution in [2.24, 2.45) is 0 Å². The number of rotatable bonds is 7. The van der Waals surface area contributed by atoms with E-state index in [9.17, 15) is 9.59 Å². The van der Waals surface area contributed by atoms with E-state index in [1.807, 2.05) is 38.1 Å². The van der Waals surface area contributed by atoms with Gasteiger partial charge >= 0.3 is 5.97 Å². The van der Waals surface area contributed by atoms with Crippen molar-refractivity contribution >= 4 is 27.5 Å². The fraction of sp³-hybridized carbons (Fsp3) is 0.458. The van der Waals surface area contributed by atoms with Crippen molar-refractivity contribution in [1.29, 1.82) is 0 Å². The van der Waals surface area contributed by atoms with E-state index in [-0.39, 0.29) is 17.6 Å². The topological polar surface area (TPSA) is 70.4 Å². The second kappa shape index (κ2) is 9.64. The van der Waals surface area contributed by atoms with Gasteiger partial charge in [-0.25, -0.2) is 9.78 Å². The van der Waals surface area contributed by atoms with Gasteiger partial charge in [-0.05, 0) is 63.6 Å². The molecule has 0 spiro atoms. The third-order valence-electron chi connectivity index (χ3n) is 5.76. The maximum atomic E-state index is 13.0. The Labute approximate surface area is 185 Å². The standard InChI is InChI=1S/C24H28N2O4S/c1-16-9-11-18(12-10-16)29-14-6-13-26-15-25-22-20(23(26)27)17(2)21(31-22)24(28)30-19-7-4-3-5-8-19/h9-12,15,19H,3-8,13-14H2,1-2H3. The summed E-state index contributed by atoms with van der Waals surface area (Å²) in [4.78, 5) is 31.2. The first kappa shape index (κ1) is 21.6. The SMILES string of the molecule is Cc1ccc(OCCCn2cnc3sc(C(=O)OC4CCCCC4)c(C)c3c2=O)cc1. The quantitative estimate of drug-likeness (QED) is 0.380. The van der Waals surface area contributed by atoms with Crippen LogP contribution in [-0.2, 0) is 11.3 Å². The fourth-order valence-electron chi connectivity index (χ4n) is 3.96. The Morgan fingerprint density at radius 3 is 2.65 bits per heavy atom. The molecule has 2 aromatic heterocycles. The van der Waals surface area contributed by atoms with Crippen LogP contribution in [0.3, 0.4) is 0 Å². The molecule has 0 saturated heterocycles. The van der Waals surface area contributed by atoms with Crippen molar-refractivity contribution in [3.8, 4) is 5.75 Å². The van der Waals surface area contributed by atoms with Gasteiger partial charge in [0.05, 0.1) is 18.3 Å². The van der Waals surface area contributed by atoms with E-state index < -0.39 is 0 Å². The molecular formula is C24H28N2O4S. The van der Waals surface area contributed by atoms with Crippen LogP contribution in [0.1, 0.15) is 59.3 Å². The summed E-state index contributed by atoms with van der Waals surface area (Å²) in [5.41, 5.74) is 1.74. The average Bonchev–Trinajstić information content (AvgIpc) is 3.12. The summed E-state index contributed by atoms with van der Waals surface area (Å²) in [5.74, 6) is 0.492. The van der Waals surface area contributed by atoms with Gasteiger partial charge in [0.25, 0.3) is 5.56 Å². The predicted octanol–water partition coefficient (Wildman–Crippen LogP) is 5.03. The van der Waals surface area contributed by atoms with Crippen LogP contribution in [0, 0.1) is 13.8 Å². The highest BCUT2D eigenvalue weighted by Gasteiger charge is 2.24. The Kier molecular flexibility index (Phi) is 6.70. The summed E-state index contributed by atoms with van der Waals surface area (Å²) in [6, 6.07) is 7.90. The van der Waals surface area contributed by atoms with Crippen molar-refractivity contribution in [2.75, 3.05) is 6.61 Å². The Balaban J connectivity index is 1.43. The summed E-state index contributed by atoms with van der Waals surface area (Å²) in [5, 5.41) is 0.516. The highest BCUT2D eigenvalue weighted by Crippen LogP contribution is 2.29. The molecule has 31 heavy (non-hydrogen) atoms. The minimum atomic E-state index is -0.329. The van der Waals surface area contributed by atoms with Crippen molar-refractivity contribution in [3.05, 3.63) is 57.0 Å². The number of nitrogens with zero attached hydrogens (tertiary/aromatic N) is 2. The number of benzene rings is 1. The van der Waals surface area contributed by atoms with Crippen LogP contribution in [0.25, 0.3) is 10.2 Å². The maximum Gasteiger partial charge on any atom is 0.348 e. The number of hydrogen-bond donors (Lipinski definition) is 0. The Bertz CT molecular complexity index is 1110. The van der Waals surface area contributed by atoms with Crippen LogP contribution in [-0.4, -0.2) is 28.2 Å². The number of ether oxygens (including phenoxy) is 2. The zero-order chi connectivity index (χ0) is 21.8. The molecule has 0 bridgehead atoms. The summed E-state index contributed by atoms with van der Waals surface area (Å²) in [7, 11) is 0. The summed E-state index contributed by atoms with van der Waals surface area (Å²) in [6.45, 7) is 4.86. The molecule has 0 N–H and O–H groups in total. The number of hydrogen-bond acceptors (Lipinski definition) is 6. The van der Waals surface area contributed by atoms with Gasteiger partial charge in [-0.1, -0.05) is 24.1 Å². The van der Waals surface area contributed by atoms with Crippen LogP contribution in [0.4, 0.5) is 0 Å². The Morgan fingerprint density at radius 1 is 1.16 bits per heavy atom. The second-order valence-corrected chi connectivity index (χ2v) is 9.16. The highest BCUT2D eigenvalue weighted by molar-refractivity contribution is 7.20. The number of carbonyl (C=O) groups is 1. The normalized spacial score (nSPS) is 14.6. The monoisotopic (exact) mass is 440 g/mol. The summed E-state index contributed by atoms with van der Waals surface area (Å²) in [6.07, 6.45) is 7.48. The lowest BCUT2D eigenvalue weighted by atomic mass is 9.98. The molecule has 7 heteroatoms. The van der Waals surface area contributed by atoms with Gasteiger partial charge in [-0.3, -0.25) is 9.36 Å². The first-order valence-electron chi connectivity index (χ1n) is 10.9. The van der Waals surface area contributed by atoms with E-state index in [1.165, 1.54) is 23.3 Å². The molecule has 0 aliphatic heterocycles. The van der Waals surface area contributed by atoms with Gasteiger partial charge in [0.2, 0.25) is 0 Å². The zero-order valence-corrected chi connectivity index (χ0v) is 18.9. The lowest BCUT2D eigenvalue weighted by Gasteiger charge is -2.21. The number of esters is 1. The molecule has 0 radical (unpaired) electrons. The van der Waals surface area contributed by atoms with E-state index in [0.717, 1.165) is 31.4 Å². The van der Waals surface area contributed by atoms with Crippen molar-refractivity contribution < 1.29 is 14.3 Å². The van der Waals surface area contributed by atoms with Gasteiger partial charge in [0.1, 0.15) is 21.6 Å². The molecule has 0 unspecified atom stereocenters. The lowest BCUT2D eigenvalue weighted by molar-refractivity contribution is 0.0216. The van der Waals surface area contributed by atoms with E-state index >= 15 is 0 Å². The molecule has 6 nitrogen and oxygen atoms in total. The Hall–Kier alpha value is -2.67. The van der Waals surface area contributed by atoms with E-state index in [2.05, 4.69) is 4.98 Å².